The van der Waals surface area contributed by atoms with Crippen molar-refractivity contribution in [3.05, 3.63) is 198 Å². The zero-order chi connectivity index (χ0) is 53.1. The van der Waals surface area contributed by atoms with Crippen LogP contribution in [0.4, 0.5) is 39.8 Å². The number of pyridine rings is 1. The minimum atomic E-state index is -0.306. The summed E-state index contributed by atoms with van der Waals surface area (Å²) < 4.78 is 23.5. The molecule has 0 fully saturated rings. The topological polar surface area (TPSA) is 55.2 Å². The number of fused-ring (bicyclic) bond motifs is 4. The quantitative estimate of drug-likeness (QED) is 0.164. The van der Waals surface area contributed by atoms with Crippen LogP contribution in [-0.4, -0.2) is 16.2 Å². The summed E-state index contributed by atoms with van der Waals surface area (Å²) >= 11 is 0. The molecule has 0 spiro atoms. The van der Waals surface area contributed by atoms with Crippen molar-refractivity contribution < 1.29 is 14.2 Å². The van der Waals surface area contributed by atoms with Crippen LogP contribution in [0.1, 0.15) is 104 Å². The van der Waals surface area contributed by atoms with Gasteiger partial charge in [-0.2, -0.15) is 0 Å². The van der Waals surface area contributed by atoms with Gasteiger partial charge in [-0.1, -0.05) is 143 Å². The van der Waals surface area contributed by atoms with E-state index in [1.54, 1.807) is 0 Å². The van der Waals surface area contributed by atoms with Crippen LogP contribution < -0.4 is 28.9 Å². The molecule has 6 heterocycles. The second-order valence-electron chi connectivity index (χ2n) is 25.0. The van der Waals surface area contributed by atoms with E-state index in [0.29, 0.717) is 6.67 Å². The van der Waals surface area contributed by atoms with Crippen LogP contribution in [0.25, 0.3) is 38.8 Å². The Morgan fingerprint density at radius 1 is 0.468 bits per heavy atom. The summed E-state index contributed by atoms with van der Waals surface area (Å²) in [6.45, 7) is 25.7. The van der Waals surface area contributed by atoms with Crippen LogP contribution in [0.5, 0.6) is 34.5 Å². The van der Waals surface area contributed by atoms with Crippen molar-refractivity contribution in [1.29, 1.82) is 0 Å². The lowest BCUT2D eigenvalue weighted by atomic mass is 9.69. The molecule has 382 valence electrons. The first-order chi connectivity index (χ1) is 36.8. The van der Waals surface area contributed by atoms with E-state index in [-0.39, 0.29) is 21.7 Å². The number of para-hydroxylation sites is 2. The molecule has 77 heavy (non-hydrogen) atoms. The van der Waals surface area contributed by atoms with Crippen molar-refractivity contribution in [2.45, 2.75) is 97.8 Å². The van der Waals surface area contributed by atoms with Crippen molar-refractivity contribution in [2.24, 2.45) is 0 Å². The zero-order valence-electron chi connectivity index (χ0n) is 45.8. The summed E-state index contributed by atoms with van der Waals surface area (Å²) in [6.07, 6.45) is 1.93. The standard InChI is InChI=1S/C69H63N5O3/c1-66(2,3)43-28-29-70-62(35-43)73-54-27-24-42(41-18-13-12-14-19-41)30-51(54)50-26-25-49(39-57(50)73)75-48-21-17-20-46(36-48)71-40-72(56-23-16-15-22-55(56)71)47-37-60-65-61(38-47)77-59-34-45(68(7,8)9)32-53-64(59)74(65)63-52(69(53,10)11)31-44(67(4,5)6)33-58(63)76-60/h12-39H,40H2,1-11H3. The van der Waals surface area contributed by atoms with Gasteiger partial charge in [0.2, 0.25) is 0 Å². The van der Waals surface area contributed by atoms with Crippen LogP contribution in [0.15, 0.2) is 170 Å². The molecule has 4 aliphatic heterocycles. The first kappa shape index (κ1) is 47.0. The Morgan fingerprint density at radius 3 is 1.70 bits per heavy atom. The molecule has 4 aliphatic rings. The fraction of sp³-hybridized carbons (Fsp3) is 0.232. The molecular weight excluding hydrogens is 947 g/mol. The van der Waals surface area contributed by atoms with E-state index in [1.807, 2.05) is 12.3 Å². The second-order valence-corrected chi connectivity index (χ2v) is 25.0. The molecule has 0 saturated carbocycles. The van der Waals surface area contributed by atoms with E-state index < -0.39 is 0 Å². The van der Waals surface area contributed by atoms with Crippen LogP contribution in [0.3, 0.4) is 0 Å². The molecule has 0 radical (unpaired) electrons. The Labute approximate surface area is 451 Å². The first-order valence-corrected chi connectivity index (χ1v) is 27.0. The maximum Gasteiger partial charge on any atom is 0.157 e. The lowest BCUT2D eigenvalue weighted by Gasteiger charge is -2.48. The van der Waals surface area contributed by atoms with Gasteiger partial charge in [0.15, 0.2) is 23.0 Å². The Kier molecular flexibility index (Phi) is 9.93. The summed E-state index contributed by atoms with van der Waals surface area (Å²) in [5.74, 6) is 5.65. The summed E-state index contributed by atoms with van der Waals surface area (Å²) in [5, 5.41) is 2.30. The van der Waals surface area contributed by atoms with Crippen molar-refractivity contribution in [3.63, 3.8) is 0 Å². The van der Waals surface area contributed by atoms with Crippen molar-refractivity contribution >= 4 is 61.6 Å². The molecule has 14 rings (SSSR count). The molecule has 0 saturated heterocycles. The van der Waals surface area contributed by atoms with E-state index in [0.717, 1.165) is 102 Å². The molecule has 8 heteroatoms. The fourth-order valence-corrected chi connectivity index (χ4v) is 12.1. The number of anilines is 7. The lowest BCUT2D eigenvalue weighted by Crippen LogP contribution is -2.35. The average molecular weight is 1010 g/mol. The highest BCUT2D eigenvalue weighted by molar-refractivity contribution is 6.11. The number of nitrogens with zero attached hydrogens (tertiary/aromatic N) is 5. The van der Waals surface area contributed by atoms with Gasteiger partial charge in [0.05, 0.1) is 39.5 Å². The van der Waals surface area contributed by atoms with Gasteiger partial charge in [0.1, 0.15) is 29.7 Å². The van der Waals surface area contributed by atoms with Gasteiger partial charge in [-0.15, -0.1) is 0 Å². The van der Waals surface area contributed by atoms with Gasteiger partial charge in [0.25, 0.3) is 0 Å². The van der Waals surface area contributed by atoms with E-state index in [4.69, 9.17) is 19.2 Å². The first-order valence-electron chi connectivity index (χ1n) is 27.0. The number of hydrogen-bond donors (Lipinski definition) is 0. The highest BCUT2D eigenvalue weighted by Gasteiger charge is 2.48. The maximum atomic E-state index is 7.16. The maximum absolute atomic E-state index is 7.16. The molecule has 0 N–H and O–H groups in total. The Hall–Kier alpha value is -8.49. The SMILES string of the molecule is CC(C)(C)c1ccnc(-n2c3ccc(-c4ccccc4)cc3c3ccc(Oc4cccc(N5CN(c6cc7c8c(c6)Oc6cc(C(C)(C)C)cc9c6N8c6c(cc(C(C)(C)C)cc6C9(C)C)O7)c6ccccc65)c4)cc32)c1. The molecular formula is C69H63N5O3. The molecule has 0 bridgehead atoms. The molecule has 0 aliphatic carbocycles. The van der Waals surface area contributed by atoms with Crippen LogP contribution in [-0.2, 0) is 21.7 Å². The van der Waals surface area contributed by atoms with Gasteiger partial charge < -0.3 is 24.0 Å². The molecule has 0 unspecified atom stereocenters. The van der Waals surface area contributed by atoms with Crippen molar-refractivity contribution in [2.75, 3.05) is 21.4 Å². The Bertz CT molecular complexity index is 4010. The third-order valence-corrected chi connectivity index (χ3v) is 16.5. The predicted molar refractivity (Wildman–Crippen MR) is 316 cm³/mol. The van der Waals surface area contributed by atoms with E-state index >= 15 is 0 Å². The number of rotatable bonds is 6. The lowest BCUT2D eigenvalue weighted by molar-refractivity contribution is 0.434. The number of aromatic nitrogens is 2. The summed E-state index contributed by atoms with van der Waals surface area (Å²) in [4.78, 5) is 12.1. The zero-order valence-corrected chi connectivity index (χ0v) is 45.8. The summed E-state index contributed by atoms with van der Waals surface area (Å²) in [7, 11) is 0. The van der Waals surface area contributed by atoms with Crippen LogP contribution >= 0.6 is 0 Å². The Balaban J connectivity index is 0.835. The molecule has 0 amide bonds. The molecule has 2 aromatic heterocycles. The summed E-state index contributed by atoms with van der Waals surface area (Å²) in [6, 6.07) is 58.9. The molecule has 8 nitrogen and oxygen atoms in total. The highest BCUT2D eigenvalue weighted by Crippen LogP contribution is 2.68. The highest BCUT2D eigenvalue weighted by atomic mass is 16.5. The minimum Gasteiger partial charge on any atom is -0.457 e. The van der Waals surface area contributed by atoms with Crippen LogP contribution in [0.2, 0.25) is 0 Å². The molecule has 0 atom stereocenters. The predicted octanol–water partition coefficient (Wildman–Crippen LogP) is 19.1. The molecule has 8 aromatic carbocycles. The van der Waals surface area contributed by atoms with Crippen LogP contribution in [0, 0.1) is 0 Å². The van der Waals surface area contributed by atoms with Crippen molar-refractivity contribution in [1.82, 2.24) is 9.55 Å². The fourth-order valence-electron chi connectivity index (χ4n) is 12.1. The number of hydrogen-bond acceptors (Lipinski definition) is 7. The second kappa shape index (κ2) is 16.3. The average Bonchev–Trinajstić information content (AvgIpc) is 4.06. The largest absolute Gasteiger partial charge is 0.457 e. The van der Waals surface area contributed by atoms with E-state index in [2.05, 4.69) is 253 Å². The van der Waals surface area contributed by atoms with Gasteiger partial charge in [-0.25, -0.2) is 4.98 Å². The molecule has 10 aromatic rings. The van der Waals surface area contributed by atoms with Gasteiger partial charge in [0, 0.05) is 52.3 Å². The minimum absolute atomic E-state index is 0.0452. The van der Waals surface area contributed by atoms with Gasteiger partial charge >= 0.3 is 0 Å². The smallest absolute Gasteiger partial charge is 0.157 e. The normalized spacial score (nSPS) is 14.9. The van der Waals surface area contributed by atoms with E-state index in [1.165, 1.54) is 38.9 Å². The monoisotopic (exact) mass is 1010 g/mol. The van der Waals surface area contributed by atoms with E-state index in [9.17, 15) is 0 Å². The van der Waals surface area contributed by atoms with Crippen molar-refractivity contribution in [3.8, 4) is 51.4 Å². The Morgan fingerprint density at radius 2 is 1.06 bits per heavy atom. The van der Waals surface area contributed by atoms with Gasteiger partial charge in [-0.05, 0) is 128 Å². The summed E-state index contributed by atoms with van der Waals surface area (Å²) in [5.41, 5.74) is 17.5. The van der Waals surface area contributed by atoms with Gasteiger partial charge in [-0.3, -0.25) is 9.47 Å². The number of benzene rings is 8. The number of ether oxygens (including phenoxy) is 3. The third-order valence-electron chi connectivity index (χ3n) is 16.5. The third kappa shape index (κ3) is 7.35.